The Hall–Kier alpha value is -1.16. The Morgan fingerprint density at radius 1 is 1.62 bits per heavy atom. The Morgan fingerprint density at radius 2 is 2.31 bits per heavy atom. The quantitative estimate of drug-likeness (QED) is 0.810. The van der Waals surface area contributed by atoms with E-state index in [0.717, 1.165) is 31.5 Å². The van der Waals surface area contributed by atoms with Crippen molar-refractivity contribution in [2.45, 2.75) is 31.7 Å². The van der Waals surface area contributed by atoms with Crippen LogP contribution in [0.2, 0.25) is 5.15 Å². The predicted octanol–water partition coefficient (Wildman–Crippen LogP) is 2.55. The van der Waals surface area contributed by atoms with E-state index >= 15 is 0 Å². The minimum atomic E-state index is -0.562. The first kappa shape index (κ1) is 11.3. The topological polar surface area (TPSA) is 42.0 Å². The number of rotatable bonds is 2. The van der Waals surface area contributed by atoms with Gasteiger partial charge >= 0.3 is 0 Å². The number of hydrogen-bond donors (Lipinski definition) is 1. The lowest BCUT2D eigenvalue weighted by Gasteiger charge is -2.39. The van der Waals surface area contributed by atoms with Crippen LogP contribution in [0.1, 0.15) is 36.5 Å². The molecule has 0 unspecified atom stereocenters. The van der Waals surface area contributed by atoms with Crippen molar-refractivity contribution in [3.8, 4) is 0 Å². The van der Waals surface area contributed by atoms with Crippen molar-refractivity contribution in [3.63, 3.8) is 0 Å². The molecule has 5 heteroatoms. The van der Waals surface area contributed by atoms with Crippen molar-refractivity contribution in [1.82, 2.24) is 10.3 Å². The van der Waals surface area contributed by atoms with E-state index < -0.39 is 5.82 Å². The van der Waals surface area contributed by atoms with E-state index in [1.54, 1.807) is 0 Å². The largest absolute Gasteiger partial charge is 0.347 e. The second-order valence-corrected chi connectivity index (χ2v) is 4.72. The summed E-state index contributed by atoms with van der Waals surface area (Å²) >= 11 is 5.74. The number of pyridine rings is 1. The van der Waals surface area contributed by atoms with Gasteiger partial charge in [-0.05, 0) is 32.3 Å². The Bertz CT molecular complexity index is 432. The van der Waals surface area contributed by atoms with Gasteiger partial charge in [0.2, 0.25) is 0 Å². The van der Waals surface area contributed by atoms with Crippen molar-refractivity contribution >= 4 is 17.5 Å². The molecule has 16 heavy (non-hydrogen) atoms. The third-order valence-electron chi connectivity index (χ3n) is 2.92. The molecule has 2 rings (SSSR count). The van der Waals surface area contributed by atoms with Gasteiger partial charge in [-0.3, -0.25) is 4.79 Å². The Labute approximate surface area is 98.0 Å². The van der Waals surface area contributed by atoms with Crippen LogP contribution in [-0.4, -0.2) is 16.4 Å². The first-order valence-electron chi connectivity index (χ1n) is 5.14. The van der Waals surface area contributed by atoms with Crippen LogP contribution >= 0.6 is 11.6 Å². The fourth-order valence-electron chi connectivity index (χ4n) is 1.76. The summed E-state index contributed by atoms with van der Waals surface area (Å²) in [4.78, 5) is 15.4. The van der Waals surface area contributed by atoms with Crippen LogP contribution in [-0.2, 0) is 0 Å². The van der Waals surface area contributed by atoms with E-state index in [2.05, 4.69) is 10.3 Å². The molecule has 1 saturated carbocycles. The minimum absolute atomic E-state index is 0.0295. The van der Waals surface area contributed by atoms with Gasteiger partial charge < -0.3 is 5.32 Å². The van der Waals surface area contributed by atoms with Crippen molar-refractivity contribution in [1.29, 1.82) is 0 Å². The molecule has 1 aromatic heterocycles. The van der Waals surface area contributed by atoms with E-state index in [-0.39, 0.29) is 22.2 Å². The molecule has 0 aliphatic heterocycles. The predicted molar refractivity (Wildman–Crippen MR) is 58.9 cm³/mol. The smallest absolute Gasteiger partial charge is 0.254 e. The molecule has 0 radical (unpaired) electrons. The maximum absolute atomic E-state index is 12.9. The Kier molecular flexibility index (Phi) is 2.84. The molecule has 0 bridgehead atoms. The number of hydrogen-bond acceptors (Lipinski definition) is 2. The standard InChI is InChI=1S/C11H12ClFN2O/c1-11(3-2-4-11)15-10(16)8-5-7(13)6-14-9(8)12/h5-6H,2-4H2,1H3,(H,15,16). The van der Waals surface area contributed by atoms with Crippen molar-refractivity contribution in [2.24, 2.45) is 0 Å². The normalized spacial score (nSPS) is 17.7. The number of aromatic nitrogens is 1. The zero-order chi connectivity index (χ0) is 11.8. The first-order valence-corrected chi connectivity index (χ1v) is 5.51. The van der Waals surface area contributed by atoms with Crippen LogP contribution in [0.5, 0.6) is 0 Å². The Balaban J connectivity index is 2.17. The van der Waals surface area contributed by atoms with Crippen LogP contribution < -0.4 is 5.32 Å². The van der Waals surface area contributed by atoms with Crippen molar-refractivity contribution < 1.29 is 9.18 Å². The van der Waals surface area contributed by atoms with Crippen molar-refractivity contribution in [2.75, 3.05) is 0 Å². The summed E-state index contributed by atoms with van der Waals surface area (Å²) in [5, 5.41) is 2.88. The molecule has 1 heterocycles. The average molecular weight is 243 g/mol. The van der Waals surface area contributed by atoms with Gasteiger partial charge in [-0.15, -0.1) is 0 Å². The number of nitrogens with one attached hydrogen (secondary N) is 1. The summed E-state index contributed by atoms with van der Waals surface area (Å²) in [6.07, 6.45) is 3.98. The van der Waals surface area contributed by atoms with Crippen molar-refractivity contribution in [3.05, 3.63) is 28.8 Å². The fourth-order valence-corrected chi connectivity index (χ4v) is 1.94. The monoisotopic (exact) mass is 242 g/mol. The summed E-state index contributed by atoms with van der Waals surface area (Å²) in [6, 6.07) is 1.10. The number of halogens is 2. The lowest BCUT2D eigenvalue weighted by atomic mass is 9.78. The maximum atomic E-state index is 12.9. The first-order chi connectivity index (χ1) is 7.50. The third-order valence-corrected chi connectivity index (χ3v) is 3.22. The highest BCUT2D eigenvalue weighted by Crippen LogP contribution is 2.31. The Morgan fingerprint density at radius 3 is 2.88 bits per heavy atom. The van der Waals surface area contributed by atoms with Gasteiger partial charge in [0.15, 0.2) is 0 Å². The van der Waals surface area contributed by atoms with Gasteiger partial charge in [0.1, 0.15) is 11.0 Å². The van der Waals surface area contributed by atoms with E-state index in [4.69, 9.17) is 11.6 Å². The zero-order valence-corrected chi connectivity index (χ0v) is 9.64. The molecule has 1 aromatic rings. The molecule has 1 N–H and O–H groups in total. The molecule has 1 fully saturated rings. The summed E-state index contributed by atoms with van der Waals surface area (Å²) in [7, 11) is 0. The highest BCUT2D eigenvalue weighted by molar-refractivity contribution is 6.32. The number of nitrogens with zero attached hydrogens (tertiary/aromatic N) is 1. The molecule has 86 valence electrons. The lowest BCUT2D eigenvalue weighted by Crippen LogP contribution is -2.51. The lowest BCUT2D eigenvalue weighted by molar-refractivity contribution is 0.0849. The number of carbonyl (C=O) groups excluding carboxylic acids is 1. The van der Waals surface area contributed by atoms with E-state index in [9.17, 15) is 9.18 Å². The van der Waals surface area contributed by atoms with Gasteiger partial charge in [-0.1, -0.05) is 11.6 Å². The summed E-state index contributed by atoms with van der Waals surface area (Å²) in [5.74, 6) is -0.924. The maximum Gasteiger partial charge on any atom is 0.254 e. The second kappa shape index (κ2) is 4.01. The summed E-state index contributed by atoms with van der Waals surface area (Å²) < 4.78 is 12.9. The van der Waals surface area contributed by atoms with Crippen LogP contribution in [0.15, 0.2) is 12.3 Å². The minimum Gasteiger partial charge on any atom is -0.347 e. The second-order valence-electron chi connectivity index (χ2n) is 4.36. The molecule has 1 aliphatic carbocycles. The van der Waals surface area contributed by atoms with Gasteiger partial charge in [-0.2, -0.15) is 0 Å². The molecule has 1 aliphatic rings. The summed E-state index contributed by atoms with van der Waals surface area (Å²) in [6.45, 7) is 1.97. The van der Waals surface area contributed by atoms with Gasteiger partial charge in [0, 0.05) is 5.54 Å². The van der Waals surface area contributed by atoms with E-state index in [1.165, 1.54) is 0 Å². The van der Waals surface area contributed by atoms with Crippen LogP contribution in [0.25, 0.3) is 0 Å². The molecule has 1 amide bonds. The molecule has 0 spiro atoms. The highest BCUT2D eigenvalue weighted by Gasteiger charge is 2.33. The molecule has 3 nitrogen and oxygen atoms in total. The highest BCUT2D eigenvalue weighted by atomic mass is 35.5. The fraction of sp³-hybridized carbons (Fsp3) is 0.455. The SMILES string of the molecule is CC1(NC(=O)c2cc(F)cnc2Cl)CCC1. The number of carbonyl (C=O) groups is 1. The van der Waals surface area contributed by atoms with Crippen LogP contribution in [0.3, 0.4) is 0 Å². The van der Waals surface area contributed by atoms with Crippen LogP contribution in [0, 0.1) is 5.82 Å². The van der Waals surface area contributed by atoms with E-state index in [1.807, 2.05) is 6.92 Å². The molecular formula is C11H12ClFN2O. The molecule has 0 atom stereocenters. The van der Waals surface area contributed by atoms with Gasteiger partial charge in [0.05, 0.1) is 11.8 Å². The molecular weight excluding hydrogens is 231 g/mol. The average Bonchev–Trinajstić information content (AvgIpc) is 2.19. The summed E-state index contributed by atoms with van der Waals surface area (Å²) in [5.41, 5.74) is -0.0815. The third kappa shape index (κ3) is 2.16. The van der Waals surface area contributed by atoms with E-state index in [0.29, 0.717) is 0 Å². The molecule has 0 aromatic carbocycles. The van der Waals surface area contributed by atoms with Crippen LogP contribution in [0.4, 0.5) is 4.39 Å². The zero-order valence-electron chi connectivity index (χ0n) is 8.89. The van der Waals surface area contributed by atoms with Gasteiger partial charge in [0.25, 0.3) is 5.91 Å². The van der Waals surface area contributed by atoms with Gasteiger partial charge in [-0.25, -0.2) is 9.37 Å². The number of amides is 1. The molecule has 0 saturated heterocycles.